The topological polar surface area (TPSA) is 29.1 Å². The SMILES string of the molecule is O=C1N/C(=C\C2=CCCCC2)c2ccccc21. The summed E-state index contributed by atoms with van der Waals surface area (Å²) in [5, 5.41) is 2.95. The molecule has 3 rings (SSSR count). The lowest BCUT2D eigenvalue weighted by atomic mass is 9.97. The minimum absolute atomic E-state index is 0.0169. The number of allylic oxidation sites excluding steroid dienone is 3. The van der Waals surface area contributed by atoms with Crippen LogP contribution in [0.1, 0.15) is 41.6 Å². The van der Waals surface area contributed by atoms with Gasteiger partial charge in [0.05, 0.1) is 0 Å². The summed E-state index contributed by atoms with van der Waals surface area (Å²) in [4.78, 5) is 11.7. The van der Waals surface area contributed by atoms with Gasteiger partial charge in [0, 0.05) is 16.8 Å². The van der Waals surface area contributed by atoms with E-state index in [1.807, 2.05) is 24.3 Å². The van der Waals surface area contributed by atoms with E-state index in [1.54, 1.807) is 0 Å². The van der Waals surface area contributed by atoms with Crippen LogP contribution < -0.4 is 5.32 Å². The van der Waals surface area contributed by atoms with E-state index in [9.17, 15) is 4.79 Å². The number of fused-ring (bicyclic) bond motifs is 1. The van der Waals surface area contributed by atoms with Crippen molar-refractivity contribution in [2.75, 3.05) is 0 Å². The zero-order chi connectivity index (χ0) is 11.7. The van der Waals surface area contributed by atoms with E-state index < -0.39 is 0 Å². The molecule has 1 amide bonds. The number of carbonyl (C=O) groups is 1. The first-order chi connectivity index (χ1) is 8.34. The lowest BCUT2D eigenvalue weighted by molar-refractivity contribution is 0.0981. The summed E-state index contributed by atoms with van der Waals surface area (Å²) in [6.07, 6.45) is 9.24. The first-order valence-corrected chi connectivity index (χ1v) is 6.16. The largest absolute Gasteiger partial charge is 0.321 e. The molecule has 0 unspecified atom stereocenters. The van der Waals surface area contributed by atoms with Crippen LogP contribution in [-0.2, 0) is 0 Å². The average Bonchev–Trinajstić information content (AvgIpc) is 2.69. The molecule has 0 atom stereocenters. The van der Waals surface area contributed by atoms with Gasteiger partial charge >= 0.3 is 0 Å². The van der Waals surface area contributed by atoms with Gasteiger partial charge in [0.25, 0.3) is 5.91 Å². The van der Waals surface area contributed by atoms with Crippen molar-refractivity contribution < 1.29 is 4.79 Å². The van der Waals surface area contributed by atoms with Crippen molar-refractivity contribution in [3.63, 3.8) is 0 Å². The quantitative estimate of drug-likeness (QED) is 0.780. The van der Waals surface area contributed by atoms with Crippen molar-refractivity contribution in [2.24, 2.45) is 0 Å². The van der Waals surface area contributed by atoms with Crippen LogP contribution in [0.25, 0.3) is 5.70 Å². The van der Waals surface area contributed by atoms with E-state index in [-0.39, 0.29) is 5.91 Å². The average molecular weight is 225 g/mol. The minimum atomic E-state index is 0.0169. The van der Waals surface area contributed by atoms with Gasteiger partial charge in [-0.2, -0.15) is 0 Å². The zero-order valence-corrected chi connectivity index (χ0v) is 9.70. The summed E-state index contributed by atoms with van der Waals surface area (Å²) < 4.78 is 0. The van der Waals surface area contributed by atoms with Crippen LogP contribution in [0.2, 0.25) is 0 Å². The molecule has 0 spiro atoms. The zero-order valence-electron chi connectivity index (χ0n) is 9.70. The molecule has 0 aromatic heterocycles. The van der Waals surface area contributed by atoms with Crippen LogP contribution in [0.5, 0.6) is 0 Å². The predicted molar refractivity (Wildman–Crippen MR) is 68.4 cm³/mol. The normalized spacial score (nSPS) is 21.1. The Kier molecular flexibility index (Phi) is 2.56. The number of hydrogen-bond acceptors (Lipinski definition) is 1. The van der Waals surface area contributed by atoms with Gasteiger partial charge in [-0.3, -0.25) is 4.79 Å². The molecular weight excluding hydrogens is 210 g/mol. The maximum absolute atomic E-state index is 11.7. The Morgan fingerprint density at radius 1 is 1.12 bits per heavy atom. The van der Waals surface area contributed by atoms with Crippen LogP contribution in [0.3, 0.4) is 0 Å². The van der Waals surface area contributed by atoms with E-state index in [4.69, 9.17) is 0 Å². The Labute approximate surface area is 101 Å². The molecule has 0 radical (unpaired) electrons. The van der Waals surface area contributed by atoms with Crippen LogP contribution in [0.4, 0.5) is 0 Å². The number of hydrogen-bond donors (Lipinski definition) is 1. The lowest BCUT2D eigenvalue weighted by Gasteiger charge is -2.09. The van der Waals surface area contributed by atoms with Gasteiger partial charge in [-0.15, -0.1) is 0 Å². The Balaban J connectivity index is 1.98. The van der Waals surface area contributed by atoms with Gasteiger partial charge in [-0.1, -0.05) is 24.3 Å². The summed E-state index contributed by atoms with van der Waals surface area (Å²) in [6, 6.07) is 7.76. The van der Waals surface area contributed by atoms with Gasteiger partial charge < -0.3 is 5.32 Å². The molecule has 17 heavy (non-hydrogen) atoms. The smallest absolute Gasteiger partial charge is 0.256 e. The fraction of sp³-hybridized carbons (Fsp3) is 0.267. The molecule has 1 aromatic carbocycles. The third-order valence-electron chi connectivity index (χ3n) is 3.37. The highest BCUT2D eigenvalue weighted by molar-refractivity contribution is 6.09. The maximum Gasteiger partial charge on any atom is 0.256 e. The van der Waals surface area contributed by atoms with E-state index in [0.29, 0.717) is 0 Å². The van der Waals surface area contributed by atoms with E-state index in [2.05, 4.69) is 17.5 Å². The number of nitrogens with one attached hydrogen (secondary N) is 1. The Morgan fingerprint density at radius 2 is 1.94 bits per heavy atom. The van der Waals surface area contributed by atoms with Crippen LogP contribution in [-0.4, -0.2) is 5.91 Å². The Morgan fingerprint density at radius 3 is 2.71 bits per heavy atom. The number of rotatable bonds is 1. The maximum atomic E-state index is 11.7. The second-order valence-corrected chi connectivity index (χ2v) is 4.58. The monoisotopic (exact) mass is 225 g/mol. The molecule has 1 aromatic rings. The summed E-state index contributed by atoms with van der Waals surface area (Å²) in [5.41, 5.74) is 4.13. The summed E-state index contributed by atoms with van der Waals surface area (Å²) in [7, 11) is 0. The standard InChI is InChI=1S/C15H15NO/c17-15-13-9-5-4-8-12(13)14(16-15)10-11-6-2-1-3-7-11/h4-6,8-10H,1-3,7H2,(H,16,17)/b14-10-. The number of benzene rings is 1. The van der Waals surface area contributed by atoms with Crippen molar-refractivity contribution in [3.8, 4) is 0 Å². The Hall–Kier alpha value is -1.83. The molecule has 1 heterocycles. The van der Waals surface area contributed by atoms with E-state index in [1.165, 1.54) is 18.4 Å². The molecule has 1 aliphatic heterocycles. The van der Waals surface area contributed by atoms with Gasteiger partial charge in [-0.25, -0.2) is 0 Å². The third-order valence-corrected chi connectivity index (χ3v) is 3.37. The molecule has 2 nitrogen and oxygen atoms in total. The van der Waals surface area contributed by atoms with E-state index >= 15 is 0 Å². The molecule has 0 saturated carbocycles. The molecule has 2 heteroatoms. The number of amides is 1. The van der Waals surface area contributed by atoms with Crippen LogP contribution >= 0.6 is 0 Å². The van der Waals surface area contributed by atoms with Crippen LogP contribution in [0, 0.1) is 0 Å². The van der Waals surface area contributed by atoms with Crippen molar-refractivity contribution >= 4 is 11.6 Å². The van der Waals surface area contributed by atoms with Crippen molar-refractivity contribution in [3.05, 3.63) is 53.1 Å². The minimum Gasteiger partial charge on any atom is -0.321 e. The van der Waals surface area contributed by atoms with Gasteiger partial charge in [0.2, 0.25) is 0 Å². The molecule has 0 fully saturated rings. The highest BCUT2D eigenvalue weighted by atomic mass is 16.1. The van der Waals surface area contributed by atoms with Crippen molar-refractivity contribution in [2.45, 2.75) is 25.7 Å². The van der Waals surface area contributed by atoms with Gasteiger partial charge in [0.15, 0.2) is 0 Å². The molecule has 2 aliphatic rings. The molecular formula is C15H15NO. The molecule has 0 saturated heterocycles. The summed E-state index contributed by atoms with van der Waals surface area (Å²) in [5.74, 6) is 0.0169. The Bertz CT molecular complexity index is 525. The van der Waals surface area contributed by atoms with E-state index in [0.717, 1.165) is 29.7 Å². The predicted octanol–water partition coefficient (Wildman–Crippen LogP) is 3.27. The number of carbonyl (C=O) groups excluding carboxylic acids is 1. The fourth-order valence-electron chi connectivity index (χ4n) is 2.47. The van der Waals surface area contributed by atoms with Crippen molar-refractivity contribution in [1.29, 1.82) is 0 Å². The van der Waals surface area contributed by atoms with Crippen molar-refractivity contribution in [1.82, 2.24) is 5.32 Å². The third kappa shape index (κ3) is 1.91. The first-order valence-electron chi connectivity index (χ1n) is 6.16. The second-order valence-electron chi connectivity index (χ2n) is 4.58. The van der Waals surface area contributed by atoms with Crippen LogP contribution in [0.15, 0.2) is 42.0 Å². The first kappa shape index (κ1) is 10.3. The molecule has 0 bridgehead atoms. The summed E-state index contributed by atoms with van der Waals surface area (Å²) in [6.45, 7) is 0. The second kappa shape index (κ2) is 4.21. The highest BCUT2D eigenvalue weighted by Crippen LogP contribution is 2.27. The highest BCUT2D eigenvalue weighted by Gasteiger charge is 2.22. The lowest BCUT2D eigenvalue weighted by Crippen LogP contribution is -2.12. The molecule has 1 N–H and O–H groups in total. The fourth-order valence-corrected chi connectivity index (χ4v) is 2.47. The van der Waals surface area contributed by atoms with Gasteiger partial charge in [-0.05, 0) is 43.4 Å². The molecule has 86 valence electrons. The molecule has 1 aliphatic carbocycles. The van der Waals surface area contributed by atoms with Gasteiger partial charge in [0.1, 0.15) is 0 Å². The summed E-state index contributed by atoms with van der Waals surface area (Å²) >= 11 is 0.